The first-order valence-corrected chi connectivity index (χ1v) is 9.41. The topological polar surface area (TPSA) is 67.3 Å². The van der Waals surface area contributed by atoms with Gasteiger partial charge in [0.1, 0.15) is 5.82 Å². The van der Waals surface area contributed by atoms with Crippen molar-refractivity contribution in [2.24, 2.45) is 0 Å². The highest BCUT2D eigenvalue weighted by Gasteiger charge is 2.36. The molecule has 0 unspecified atom stereocenters. The van der Waals surface area contributed by atoms with Crippen LogP contribution in [0.1, 0.15) is 41.7 Å². The lowest BCUT2D eigenvalue weighted by molar-refractivity contribution is 0.0342. The highest BCUT2D eigenvalue weighted by Crippen LogP contribution is 2.33. The number of aromatic nitrogens is 2. The van der Waals surface area contributed by atoms with E-state index in [0.717, 1.165) is 37.3 Å². The summed E-state index contributed by atoms with van der Waals surface area (Å²) in [5.41, 5.74) is 0.355. The van der Waals surface area contributed by atoms with Gasteiger partial charge in [-0.25, -0.2) is 4.39 Å². The molecular weight excluding hydrogens is 347 g/mol. The van der Waals surface area contributed by atoms with Crippen molar-refractivity contribution in [3.8, 4) is 0 Å². The smallest absolute Gasteiger partial charge is 0.272 e. The molecule has 1 aromatic heterocycles. The van der Waals surface area contributed by atoms with E-state index in [1.54, 1.807) is 12.1 Å². The maximum atomic E-state index is 13.8. The van der Waals surface area contributed by atoms with Crippen LogP contribution in [0.15, 0.2) is 36.4 Å². The van der Waals surface area contributed by atoms with Gasteiger partial charge in [-0.15, -0.1) is 10.2 Å². The number of anilines is 1. The van der Waals surface area contributed by atoms with Crippen LogP contribution < -0.4 is 10.2 Å². The van der Waals surface area contributed by atoms with Gasteiger partial charge >= 0.3 is 0 Å². The van der Waals surface area contributed by atoms with Crippen LogP contribution in [0, 0.1) is 5.82 Å². The molecule has 7 heteroatoms. The van der Waals surface area contributed by atoms with Crippen LogP contribution in [0.4, 0.5) is 10.2 Å². The molecule has 27 heavy (non-hydrogen) atoms. The Balaban J connectivity index is 1.55. The molecule has 0 atom stereocenters. The monoisotopic (exact) mass is 370 g/mol. The maximum absolute atomic E-state index is 13.8. The zero-order chi connectivity index (χ0) is 18.7. The van der Waals surface area contributed by atoms with E-state index in [4.69, 9.17) is 4.74 Å². The van der Waals surface area contributed by atoms with Crippen molar-refractivity contribution >= 4 is 11.7 Å². The SMILES string of the molecule is O=C(NC1(c2cccc(F)c2)CCOCC1)c1ccc(N2CCCC2)nn1. The largest absolute Gasteiger partial charge is 0.381 e. The normalized spacial score (nSPS) is 19.1. The Morgan fingerprint density at radius 3 is 2.56 bits per heavy atom. The van der Waals surface area contributed by atoms with Gasteiger partial charge in [0.05, 0.1) is 5.54 Å². The first kappa shape index (κ1) is 17.9. The summed E-state index contributed by atoms with van der Waals surface area (Å²) in [7, 11) is 0. The Bertz CT molecular complexity index is 800. The van der Waals surface area contributed by atoms with E-state index in [0.29, 0.717) is 26.1 Å². The number of nitrogens with zero attached hydrogens (tertiary/aromatic N) is 3. The highest BCUT2D eigenvalue weighted by atomic mass is 19.1. The molecule has 2 aliphatic heterocycles. The van der Waals surface area contributed by atoms with Crippen LogP contribution in [-0.2, 0) is 10.3 Å². The van der Waals surface area contributed by atoms with E-state index in [1.165, 1.54) is 12.1 Å². The quantitative estimate of drug-likeness (QED) is 0.896. The summed E-state index contributed by atoms with van der Waals surface area (Å²) in [6, 6.07) is 9.94. The van der Waals surface area contributed by atoms with Gasteiger partial charge in [-0.05, 0) is 55.5 Å². The van der Waals surface area contributed by atoms with Crippen LogP contribution in [0.2, 0.25) is 0 Å². The van der Waals surface area contributed by atoms with Gasteiger partial charge in [-0.2, -0.15) is 0 Å². The zero-order valence-corrected chi connectivity index (χ0v) is 15.2. The summed E-state index contributed by atoms with van der Waals surface area (Å²) >= 11 is 0. The molecule has 2 aliphatic rings. The summed E-state index contributed by atoms with van der Waals surface area (Å²) in [5.74, 6) is 0.180. The fourth-order valence-electron chi connectivity index (χ4n) is 3.83. The van der Waals surface area contributed by atoms with E-state index in [-0.39, 0.29) is 17.4 Å². The van der Waals surface area contributed by atoms with E-state index >= 15 is 0 Å². The lowest BCUT2D eigenvalue weighted by Crippen LogP contribution is -2.49. The molecule has 2 aromatic rings. The molecule has 0 bridgehead atoms. The lowest BCUT2D eigenvalue weighted by atomic mass is 9.82. The Labute approximate surface area is 157 Å². The van der Waals surface area contributed by atoms with Gasteiger partial charge in [-0.3, -0.25) is 4.79 Å². The standard InChI is InChI=1S/C20H23FN4O2/c21-16-5-3-4-15(14-16)20(8-12-27-13-9-20)22-19(26)17-6-7-18(24-23-17)25-10-1-2-11-25/h3-7,14H,1-2,8-13H2,(H,22,26). The number of hydrogen-bond acceptors (Lipinski definition) is 5. The Morgan fingerprint density at radius 2 is 1.89 bits per heavy atom. The second kappa shape index (κ2) is 7.60. The van der Waals surface area contributed by atoms with Crippen LogP contribution >= 0.6 is 0 Å². The van der Waals surface area contributed by atoms with Gasteiger partial charge in [0.2, 0.25) is 0 Å². The number of halogens is 1. The van der Waals surface area contributed by atoms with Crippen molar-refractivity contribution in [2.45, 2.75) is 31.2 Å². The van der Waals surface area contributed by atoms with Gasteiger partial charge in [0, 0.05) is 26.3 Å². The third kappa shape index (κ3) is 3.78. The van der Waals surface area contributed by atoms with Crippen LogP contribution in [0.5, 0.6) is 0 Å². The summed E-state index contributed by atoms with van der Waals surface area (Å²) in [6.07, 6.45) is 3.48. The molecule has 2 fully saturated rings. The molecule has 0 saturated carbocycles. The summed E-state index contributed by atoms with van der Waals surface area (Å²) in [5, 5.41) is 11.4. The molecule has 3 heterocycles. The van der Waals surface area contributed by atoms with Crippen molar-refractivity contribution in [2.75, 3.05) is 31.2 Å². The Hall–Kier alpha value is -2.54. The van der Waals surface area contributed by atoms with Crippen molar-refractivity contribution in [3.05, 3.63) is 53.5 Å². The summed E-state index contributed by atoms with van der Waals surface area (Å²) in [6.45, 7) is 2.97. The van der Waals surface area contributed by atoms with Crippen LogP contribution in [-0.4, -0.2) is 42.4 Å². The number of rotatable bonds is 4. The van der Waals surface area contributed by atoms with Crippen molar-refractivity contribution in [3.63, 3.8) is 0 Å². The number of amides is 1. The third-order valence-electron chi connectivity index (χ3n) is 5.39. The van der Waals surface area contributed by atoms with E-state index in [1.807, 2.05) is 12.1 Å². The van der Waals surface area contributed by atoms with E-state index < -0.39 is 5.54 Å². The van der Waals surface area contributed by atoms with Crippen LogP contribution in [0.3, 0.4) is 0 Å². The lowest BCUT2D eigenvalue weighted by Gasteiger charge is -2.38. The third-order valence-corrected chi connectivity index (χ3v) is 5.39. The maximum Gasteiger partial charge on any atom is 0.272 e. The average Bonchev–Trinajstić information content (AvgIpc) is 3.24. The predicted octanol–water partition coefficient (Wildman–Crippen LogP) is 2.65. The molecule has 1 amide bonds. The average molecular weight is 370 g/mol. The van der Waals surface area contributed by atoms with E-state index in [9.17, 15) is 9.18 Å². The molecule has 2 saturated heterocycles. The predicted molar refractivity (Wildman–Crippen MR) is 99.1 cm³/mol. The van der Waals surface area contributed by atoms with Crippen molar-refractivity contribution < 1.29 is 13.9 Å². The number of benzene rings is 1. The second-order valence-corrected chi connectivity index (χ2v) is 7.13. The molecule has 1 aromatic carbocycles. The van der Waals surface area contributed by atoms with Gasteiger partial charge < -0.3 is 15.0 Å². The molecule has 0 spiro atoms. The number of hydrogen-bond donors (Lipinski definition) is 1. The summed E-state index contributed by atoms with van der Waals surface area (Å²) < 4.78 is 19.2. The molecule has 0 aliphatic carbocycles. The highest BCUT2D eigenvalue weighted by molar-refractivity contribution is 5.92. The Morgan fingerprint density at radius 1 is 1.11 bits per heavy atom. The number of carbonyl (C=O) groups excluding carboxylic acids is 1. The molecular formula is C20H23FN4O2. The number of ether oxygens (including phenoxy) is 1. The van der Waals surface area contributed by atoms with Gasteiger partial charge in [-0.1, -0.05) is 12.1 Å². The minimum absolute atomic E-state index is 0.264. The van der Waals surface area contributed by atoms with Gasteiger partial charge in [0.15, 0.2) is 11.5 Å². The fourth-order valence-corrected chi connectivity index (χ4v) is 3.83. The second-order valence-electron chi connectivity index (χ2n) is 7.13. The minimum atomic E-state index is -0.660. The first-order chi connectivity index (χ1) is 13.2. The van der Waals surface area contributed by atoms with Crippen LogP contribution in [0.25, 0.3) is 0 Å². The fraction of sp³-hybridized carbons (Fsp3) is 0.450. The van der Waals surface area contributed by atoms with Crippen molar-refractivity contribution in [1.29, 1.82) is 0 Å². The first-order valence-electron chi connectivity index (χ1n) is 9.41. The minimum Gasteiger partial charge on any atom is -0.381 e. The Kier molecular flexibility index (Phi) is 5.03. The molecule has 142 valence electrons. The number of carbonyl (C=O) groups is 1. The van der Waals surface area contributed by atoms with Gasteiger partial charge in [0.25, 0.3) is 5.91 Å². The molecule has 0 radical (unpaired) electrons. The molecule has 1 N–H and O–H groups in total. The summed E-state index contributed by atoms with van der Waals surface area (Å²) in [4.78, 5) is 15.0. The zero-order valence-electron chi connectivity index (χ0n) is 15.2. The molecule has 6 nitrogen and oxygen atoms in total. The van der Waals surface area contributed by atoms with E-state index in [2.05, 4.69) is 20.4 Å². The van der Waals surface area contributed by atoms with Crippen molar-refractivity contribution in [1.82, 2.24) is 15.5 Å². The molecule has 4 rings (SSSR count). The number of nitrogens with one attached hydrogen (secondary N) is 1.